The number of likely N-dealkylation sites (tertiary alicyclic amines) is 1. The van der Waals surface area contributed by atoms with Gasteiger partial charge in [-0.1, -0.05) is 30.3 Å². The van der Waals surface area contributed by atoms with Crippen molar-refractivity contribution in [2.24, 2.45) is 0 Å². The van der Waals surface area contributed by atoms with E-state index in [-0.39, 0.29) is 6.03 Å². The fourth-order valence-corrected chi connectivity index (χ4v) is 4.69. The number of carbonyl (C=O) groups is 1. The second-order valence-electron chi connectivity index (χ2n) is 8.59. The number of aromatic nitrogens is 5. The maximum Gasteiger partial charge on any atom is 0.323 e. The van der Waals surface area contributed by atoms with Crippen molar-refractivity contribution in [2.75, 3.05) is 18.4 Å². The summed E-state index contributed by atoms with van der Waals surface area (Å²) in [5.74, 6) is 3.36. The fourth-order valence-electron chi connectivity index (χ4n) is 4.69. The Hall–Kier alpha value is -3.16. The number of anilines is 1. The summed E-state index contributed by atoms with van der Waals surface area (Å²) >= 11 is 0. The zero-order valence-corrected chi connectivity index (χ0v) is 18.0. The minimum atomic E-state index is -0.0593. The molecule has 3 aromatic rings. The van der Waals surface area contributed by atoms with Gasteiger partial charge in [-0.25, -0.2) is 9.48 Å². The molecule has 4 heterocycles. The summed E-state index contributed by atoms with van der Waals surface area (Å²) in [6.45, 7) is 5.06. The summed E-state index contributed by atoms with van der Waals surface area (Å²) in [7, 11) is 0. The number of piperidine rings is 1. The Labute approximate surface area is 182 Å². The summed E-state index contributed by atoms with van der Waals surface area (Å²) in [4.78, 5) is 14.8. The molecule has 0 unspecified atom stereocenters. The first-order valence-corrected chi connectivity index (χ1v) is 11.2. The van der Waals surface area contributed by atoms with Gasteiger partial charge in [0.15, 0.2) is 0 Å². The molecule has 1 N–H and O–H groups in total. The largest absolute Gasteiger partial charge is 0.324 e. The molecule has 0 spiro atoms. The van der Waals surface area contributed by atoms with Crippen LogP contribution in [0.25, 0.3) is 0 Å². The average Bonchev–Trinajstić information content (AvgIpc) is 3.37. The van der Waals surface area contributed by atoms with E-state index in [2.05, 4.69) is 37.3 Å². The van der Waals surface area contributed by atoms with Crippen LogP contribution < -0.4 is 5.32 Å². The van der Waals surface area contributed by atoms with E-state index in [0.717, 1.165) is 67.6 Å². The van der Waals surface area contributed by atoms with Crippen LogP contribution >= 0.6 is 0 Å². The van der Waals surface area contributed by atoms with Crippen LogP contribution in [0.1, 0.15) is 54.5 Å². The molecule has 0 saturated carbocycles. The summed E-state index contributed by atoms with van der Waals surface area (Å²) in [6, 6.07) is 12.0. The first-order valence-electron chi connectivity index (χ1n) is 11.2. The Morgan fingerprint density at radius 2 is 1.90 bits per heavy atom. The van der Waals surface area contributed by atoms with Gasteiger partial charge in [-0.2, -0.15) is 5.10 Å². The summed E-state index contributed by atoms with van der Waals surface area (Å²) in [5, 5.41) is 16.5. The quantitative estimate of drug-likeness (QED) is 0.701. The van der Waals surface area contributed by atoms with Crippen molar-refractivity contribution in [2.45, 2.75) is 58.0 Å². The molecule has 0 radical (unpaired) electrons. The first kappa shape index (κ1) is 19.8. The second kappa shape index (κ2) is 8.53. The van der Waals surface area contributed by atoms with Crippen molar-refractivity contribution < 1.29 is 4.79 Å². The van der Waals surface area contributed by atoms with Gasteiger partial charge in [0.1, 0.15) is 17.5 Å². The minimum absolute atomic E-state index is 0.0593. The van der Waals surface area contributed by atoms with Crippen molar-refractivity contribution in [3.8, 4) is 0 Å². The second-order valence-corrected chi connectivity index (χ2v) is 8.59. The Morgan fingerprint density at radius 3 is 2.71 bits per heavy atom. The van der Waals surface area contributed by atoms with Gasteiger partial charge >= 0.3 is 6.03 Å². The SMILES string of the molecule is Cc1cc(NC(=O)N2CCC(c3nnc4n3CCCC4)CC2)n(Cc2ccccc2)n1. The maximum atomic E-state index is 12.9. The molecule has 2 aliphatic rings. The van der Waals surface area contributed by atoms with Gasteiger partial charge < -0.3 is 9.47 Å². The first-order chi connectivity index (χ1) is 15.2. The number of hydrogen-bond acceptors (Lipinski definition) is 4. The number of nitrogens with zero attached hydrogens (tertiary/aromatic N) is 6. The Morgan fingerprint density at radius 1 is 1.10 bits per heavy atom. The van der Waals surface area contributed by atoms with Crippen molar-refractivity contribution in [3.63, 3.8) is 0 Å². The number of aryl methyl sites for hydroxylation is 2. The zero-order valence-electron chi connectivity index (χ0n) is 18.0. The molecule has 1 aromatic carbocycles. The van der Waals surface area contributed by atoms with Gasteiger partial charge in [-0.15, -0.1) is 10.2 Å². The smallest absolute Gasteiger partial charge is 0.323 e. The molecule has 5 rings (SSSR count). The number of nitrogens with one attached hydrogen (secondary N) is 1. The highest BCUT2D eigenvalue weighted by molar-refractivity contribution is 5.88. The van der Waals surface area contributed by atoms with Crippen LogP contribution in [-0.4, -0.2) is 48.6 Å². The van der Waals surface area contributed by atoms with Gasteiger partial charge in [0.2, 0.25) is 0 Å². The number of carbonyl (C=O) groups excluding carboxylic acids is 1. The van der Waals surface area contributed by atoms with Crippen molar-refractivity contribution >= 4 is 11.8 Å². The molecular formula is C23H29N7O. The van der Waals surface area contributed by atoms with E-state index < -0.39 is 0 Å². The Balaban J connectivity index is 1.21. The molecule has 2 amide bonds. The molecule has 2 aromatic heterocycles. The predicted molar refractivity (Wildman–Crippen MR) is 118 cm³/mol. The van der Waals surface area contributed by atoms with Gasteiger partial charge in [-0.05, 0) is 38.2 Å². The monoisotopic (exact) mass is 419 g/mol. The lowest BCUT2D eigenvalue weighted by atomic mass is 9.95. The van der Waals surface area contributed by atoms with E-state index in [1.165, 1.54) is 12.8 Å². The predicted octanol–water partition coefficient (Wildman–Crippen LogP) is 3.58. The van der Waals surface area contributed by atoms with Gasteiger partial charge in [0.25, 0.3) is 0 Å². The minimum Gasteiger partial charge on any atom is -0.324 e. The van der Waals surface area contributed by atoms with Gasteiger partial charge in [0.05, 0.1) is 12.2 Å². The topological polar surface area (TPSA) is 80.9 Å². The standard InChI is InChI=1S/C23H29N7O/c1-17-15-21(30(27-17)16-18-7-3-2-4-8-18)24-23(31)28-13-10-19(11-14-28)22-26-25-20-9-5-6-12-29(20)22/h2-4,7-8,15,19H,5-6,9-14,16H2,1H3,(H,24,31). The normalized spacial score (nSPS) is 16.9. The van der Waals surface area contributed by atoms with Crippen LogP contribution in [-0.2, 0) is 19.5 Å². The molecule has 8 heteroatoms. The lowest BCUT2D eigenvalue weighted by molar-refractivity contribution is 0.192. The van der Waals surface area contributed by atoms with Gasteiger partial charge in [-0.3, -0.25) is 5.32 Å². The van der Waals surface area contributed by atoms with Crippen LogP contribution in [0.15, 0.2) is 36.4 Å². The van der Waals surface area contributed by atoms with Gasteiger partial charge in [0, 0.05) is 38.0 Å². The van der Waals surface area contributed by atoms with E-state index >= 15 is 0 Å². The van der Waals surface area contributed by atoms with Crippen LogP contribution in [0.5, 0.6) is 0 Å². The van der Waals surface area contributed by atoms with Crippen LogP contribution in [0, 0.1) is 6.92 Å². The average molecular weight is 420 g/mol. The number of fused-ring (bicyclic) bond motifs is 1. The number of amides is 2. The number of hydrogen-bond donors (Lipinski definition) is 1. The Kier molecular flexibility index (Phi) is 5.44. The molecule has 2 aliphatic heterocycles. The van der Waals surface area contributed by atoms with Crippen molar-refractivity contribution in [3.05, 3.63) is 59.3 Å². The molecule has 0 aliphatic carbocycles. The molecule has 1 saturated heterocycles. The van der Waals surface area contributed by atoms with Crippen LogP contribution in [0.2, 0.25) is 0 Å². The summed E-state index contributed by atoms with van der Waals surface area (Å²) in [5.41, 5.74) is 2.04. The fraction of sp³-hybridized carbons (Fsp3) is 0.478. The van der Waals surface area contributed by atoms with Crippen molar-refractivity contribution in [1.82, 2.24) is 29.4 Å². The van der Waals surface area contributed by atoms with E-state index in [1.807, 2.05) is 40.8 Å². The Bertz CT molecular complexity index is 1050. The third-order valence-electron chi connectivity index (χ3n) is 6.35. The highest BCUT2D eigenvalue weighted by Crippen LogP contribution is 2.29. The molecule has 0 bridgehead atoms. The van der Waals surface area contributed by atoms with E-state index in [0.29, 0.717) is 12.5 Å². The van der Waals surface area contributed by atoms with Crippen molar-refractivity contribution in [1.29, 1.82) is 0 Å². The molecule has 0 atom stereocenters. The van der Waals surface area contributed by atoms with E-state index in [4.69, 9.17) is 0 Å². The lowest BCUT2D eigenvalue weighted by Crippen LogP contribution is -2.41. The van der Waals surface area contributed by atoms with E-state index in [1.54, 1.807) is 0 Å². The third kappa shape index (κ3) is 4.19. The lowest BCUT2D eigenvalue weighted by Gasteiger charge is -2.32. The third-order valence-corrected chi connectivity index (χ3v) is 6.35. The summed E-state index contributed by atoms with van der Waals surface area (Å²) < 4.78 is 4.17. The highest BCUT2D eigenvalue weighted by Gasteiger charge is 2.29. The van der Waals surface area contributed by atoms with E-state index in [9.17, 15) is 4.79 Å². The molecule has 1 fully saturated rings. The maximum absolute atomic E-state index is 12.9. The van der Waals surface area contributed by atoms with Crippen LogP contribution in [0.3, 0.4) is 0 Å². The highest BCUT2D eigenvalue weighted by atomic mass is 16.2. The number of urea groups is 1. The molecule has 31 heavy (non-hydrogen) atoms. The molecule has 162 valence electrons. The number of rotatable bonds is 4. The van der Waals surface area contributed by atoms with Crippen LogP contribution in [0.4, 0.5) is 10.6 Å². The molecular weight excluding hydrogens is 390 g/mol. The zero-order chi connectivity index (χ0) is 21.2. The molecule has 8 nitrogen and oxygen atoms in total. The number of benzene rings is 1. The summed E-state index contributed by atoms with van der Waals surface area (Å²) in [6.07, 6.45) is 5.29.